The van der Waals surface area contributed by atoms with Crippen molar-refractivity contribution in [3.8, 4) is 5.75 Å². The van der Waals surface area contributed by atoms with Gasteiger partial charge in [-0.15, -0.1) is 11.3 Å². The number of nitrogens with one attached hydrogen (secondary N) is 1. The molecule has 0 bridgehead atoms. The van der Waals surface area contributed by atoms with Gasteiger partial charge in [-0.25, -0.2) is 0 Å². The summed E-state index contributed by atoms with van der Waals surface area (Å²) in [6.45, 7) is 7.39. The largest absolute Gasteiger partial charge is 0.491 e. The second-order valence-electron chi connectivity index (χ2n) is 8.08. The third-order valence-corrected chi connectivity index (χ3v) is 6.56. The lowest BCUT2D eigenvalue weighted by molar-refractivity contribution is 0.101. The van der Waals surface area contributed by atoms with Crippen LogP contribution in [-0.4, -0.2) is 24.4 Å². The molecule has 1 aromatic carbocycles. The van der Waals surface area contributed by atoms with Crippen LogP contribution in [0.25, 0.3) is 0 Å². The van der Waals surface area contributed by atoms with Crippen LogP contribution in [0, 0.1) is 12.8 Å². The van der Waals surface area contributed by atoms with Crippen LogP contribution in [0.4, 0.5) is 0 Å². The molecule has 1 fully saturated rings. The number of hydrogen-bond acceptors (Lipinski definition) is 4. The molecule has 2 atom stereocenters. The molecule has 0 radical (unpaired) electrons. The first-order valence-electron chi connectivity index (χ1n) is 10.2. The standard InChI is InChI=1S/C23H33NO2S/c1-16(2)21-11-10-20(13-17(21)3)26-15-19(25)14-24-23(18-7-4-5-8-18)22-9-6-12-27-22/h6,9-13,16,18-19,23-25H,4-5,7-8,14-15H2,1-3H3. The smallest absolute Gasteiger partial charge is 0.119 e. The molecule has 2 unspecified atom stereocenters. The van der Waals surface area contributed by atoms with Gasteiger partial charge in [0.2, 0.25) is 0 Å². The molecule has 0 aliphatic heterocycles. The average molecular weight is 388 g/mol. The lowest BCUT2D eigenvalue weighted by Gasteiger charge is -2.25. The van der Waals surface area contributed by atoms with Crippen molar-refractivity contribution in [2.45, 2.75) is 64.5 Å². The molecule has 4 heteroatoms. The molecule has 1 saturated carbocycles. The average Bonchev–Trinajstić information content (AvgIpc) is 3.34. The summed E-state index contributed by atoms with van der Waals surface area (Å²) in [6, 6.07) is 10.9. The van der Waals surface area contributed by atoms with E-state index < -0.39 is 6.10 Å². The molecule has 1 heterocycles. The fraction of sp³-hybridized carbons (Fsp3) is 0.565. The second-order valence-corrected chi connectivity index (χ2v) is 9.06. The zero-order valence-corrected chi connectivity index (χ0v) is 17.6. The maximum absolute atomic E-state index is 10.4. The van der Waals surface area contributed by atoms with Crippen molar-refractivity contribution >= 4 is 11.3 Å². The lowest BCUT2D eigenvalue weighted by atomic mass is 9.96. The summed E-state index contributed by atoms with van der Waals surface area (Å²) < 4.78 is 5.84. The summed E-state index contributed by atoms with van der Waals surface area (Å²) in [6.07, 6.45) is 4.70. The van der Waals surface area contributed by atoms with Gasteiger partial charge >= 0.3 is 0 Å². The predicted molar refractivity (Wildman–Crippen MR) is 114 cm³/mol. The minimum atomic E-state index is -0.515. The Bertz CT molecular complexity index is 692. The van der Waals surface area contributed by atoms with Crippen LogP contribution >= 0.6 is 11.3 Å². The molecule has 3 nitrogen and oxygen atoms in total. The molecule has 1 aliphatic carbocycles. The van der Waals surface area contributed by atoms with Gasteiger partial charge in [0.25, 0.3) is 0 Å². The number of aliphatic hydroxyl groups excluding tert-OH is 1. The highest BCUT2D eigenvalue weighted by molar-refractivity contribution is 7.10. The van der Waals surface area contributed by atoms with Gasteiger partial charge in [-0.2, -0.15) is 0 Å². The Labute approximate surface area is 167 Å². The van der Waals surface area contributed by atoms with Gasteiger partial charge in [-0.1, -0.05) is 38.8 Å². The summed E-state index contributed by atoms with van der Waals surface area (Å²) in [5.74, 6) is 2.03. The number of thiophene rings is 1. The van der Waals surface area contributed by atoms with Crippen LogP contribution in [0.15, 0.2) is 35.7 Å². The van der Waals surface area contributed by atoms with Crippen LogP contribution < -0.4 is 10.1 Å². The molecular formula is C23H33NO2S. The number of aliphatic hydroxyl groups is 1. The minimum Gasteiger partial charge on any atom is -0.491 e. The van der Waals surface area contributed by atoms with Crippen LogP contribution in [0.5, 0.6) is 5.75 Å². The van der Waals surface area contributed by atoms with E-state index in [4.69, 9.17) is 4.74 Å². The van der Waals surface area contributed by atoms with Gasteiger partial charge in [0.05, 0.1) is 0 Å². The Kier molecular flexibility index (Phi) is 7.33. The van der Waals surface area contributed by atoms with Crippen molar-refractivity contribution in [1.82, 2.24) is 5.32 Å². The normalized spacial score (nSPS) is 17.4. The van der Waals surface area contributed by atoms with Gasteiger partial charge in [-0.3, -0.25) is 0 Å². The molecule has 0 amide bonds. The monoisotopic (exact) mass is 387 g/mol. The maximum atomic E-state index is 10.4. The summed E-state index contributed by atoms with van der Waals surface area (Å²) in [5.41, 5.74) is 2.59. The van der Waals surface area contributed by atoms with Crippen LogP contribution in [0.3, 0.4) is 0 Å². The Hall–Kier alpha value is -1.36. The predicted octanol–water partition coefficient (Wildman–Crippen LogP) is 5.44. The first kappa shape index (κ1) is 20.4. The van der Waals surface area contributed by atoms with Crippen molar-refractivity contribution in [2.24, 2.45) is 5.92 Å². The van der Waals surface area contributed by atoms with Crippen molar-refractivity contribution in [3.63, 3.8) is 0 Å². The molecule has 148 valence electrons. The first-order chi connectivity index (χ1) is 13.0. The number of aryl methyl sites for hydroxylation is 1. The fourth-order valence-electron chi connectivity index (χ4n) is 4.16. The summed E-state index contributed by atoms with van der Waals surface area (Å²) in [5, 5.41) is 16.2. The number of ether oxygens (including phenoxy) is 1. The second kappa shape index (κ2) is 9.72. The molecular weight excluding hydrogens is 354 g/mol. The molecule has 0 spiro atoms. The Morgan fingerprint density at radius 3 is 2.63 bits per heavy atom. The first-order valence-corrected chi connectivity index (χ1v) is 11.1. The van der Waals surface area contributed by atoms with Crippen molar-refractivity contribution in [2.75, 3.05) is 13.2 Å². The van der Waals surface area contributed by atoms with E-state index in [2.05, 4.69) is 55.7 Å². The van der Waals surface area contributed by atoms with Crippen molar-refractivity contribution in [1.29, 1.82) is 0 Å². The highest BCUT2D eigenvalue weighted by atomic mass is 32.1. The van der Waals surface area contributed by atoms with Gasteiger partial charge in [0.15, 0.2) is 0 Å². The third kappa shape index (κ3) is 5.56. The van der Waals surface area contributed by atoms with Gasteiger partial charge < -0.3 is 15.2 Å². The van der Waals surface area contributed by atoms with E-state index in [0.717, 1.165) is 5.75 Å². The topological polar surface area (TPSA) is 41.5 Å². The number of hydrogen-bond donors (Lipinski definition) is 2. The zero-order valence-electron chi connectivity index (χ0n) is 16.8. The Balaban J connectivity index is 1.51. The van der Waals surface area contributed by atoms with Crippen molar-refractivity contribution in [3.05, 3.63) is 51.7 Å². The van der Waals surface area contributed by atoms with Crippen LogP contribution in [0.2, 0.25) is 0 Å². The lowest BCUT2D eigenvalue weighted by Crippen LogP contribution is -2.36. The molecule has 2 aromatic rings. The van der Waals surface area contributed by atoms with E-state index in [0.29, 0.717) is 31.0 Å². The molecule has 0 saturated heterocycles. The number of rotatable bonds is 9. The van der Waals surface area contributed by atoms with Crippen LogP contribution in [0.1, 0.15) is 67.5 Å². The third-order valence-electron chi connectivity index (χ3n) is 5.60. The molecule has 1 aliphatic rings. The van der Waals surface area contributed by atoms with E-state index in [9.17, 15) is 5.11 Å². The van der Waals surface area contributed by atoms with Gasteiger partial charge in [-0.05, 0) is 66.3 Å². The SMILES string of the molecule is Cc1cc(OCC(O)CNC(c2cccs2)C2CCCC2)ccc1C(C)C. The maximum Gasteiger partial charge on any atom is 0.119 e. The highest BCUT2D eigenvalue weighted by Crippen LogP contribution is 2.37. The summed E-state index contributed by atoms with van der Waals surface area (Å²) >= 11 is 1.81. The molecule has 2 N–H and O–H groups in total. The molecule has 3 rings (SSSR count). The molecule has 1 aromatic heterocycles. The van der Waals surface area contributed by atoms with Gasteiger partial charge in [0.1, 0.15) is 18.5 Å². The quantitative estimate of drug-likeness (QED) is 0.602. The van der Waals surface area contributed by atoms with E-state index >= 15 is 0 Å². The molecule has 27 heavy (non-hydrogen) atoms. The Morgan fingerprint density at radius 1 is 1.22 bits per heavy atom. The Morgan fingerprint density at radius 2 is 2.00 bits per heavy atom. The fourth-order valence-corrected chi connectivity index (χ4v) is 5.05. The van der Waals surface area contributed by atoms with E-state index in [1.807, 2.05) is 17.4 Å². The summed E-state index contributed by atoms with van der Waals surface area (Å²) in [4.78, 5) is 1.38. The minimum absolute atomic E-state index is 0.315. The van der Waals surface area contributed by atoms with E-state index in [1.54, 1.807) is 0 Å². The summed E-state index contributed by atoms with van der Waals surface area (Å²) in [7, 11) is 0. The highest BCUT2D eigenvalue weighted by Gasteiger charge is 2.27. The number of benzene rings is 1. The van der Waals surface area contributed by atoms with Crippen LogP contribution in [-0.2, 0) is 0 Å². The van der Waals surface area contributed by atoms with Crippen molar-refractivity contribution < 1.29 is 9.84 Å². The zero-order chi connectivity index (χ0) is 19.2. The van der Waals surface area contributed by atoms with E-state index in [-0.39, 0.29) is 0 Å². The van der Waals surface area contributed by atoms with E-state index in [1.165, 1.54) is 41.7 Å². The van der Waals surface area contributed by atoms with Gasteiger partial charge in [0, 0.05) is 17.5 Å².